The predicted molar refractivity (Wildman–Crippen MR) is 135 cm³/mol. The van der Waals surface area contributed by atoms with E-state index in [0.29, 0.717) is 44.4 Å². The molecule has 0 atom stereocenters. The molecule has 1 aromatic heterocycles. The molecule has 0 unspecified atom stereocenters. The Hall–Kier alpha value is -4.10. The minimum Gasteiger partial charge on any atom is -0.491 e. The number of aryl methyl sites for hydroxylation is 1. The summed E-state index contributed by atoms with van der Waals surface area (Å²) in [6, 6.07) is 24.9. The number of anilines is 1. The highest BCUT2D eigenvalue weighted by molar-refractivity contribution is 5.89. The third-order valence-electron chi connectivity index (χ3n) is 5.21. The Morgan fingerprint density at radius 3 is 2.63 bits per heavy atom. The van der Waals surface area contributed by atoms with Crippen LogP contribution in [0.15, 0.2) is 89.5 Å². The van der Waals surface area contributed by atoms with Gasteiger partial charge in [-0.05, 0) is 48.9 Å². The fourth-order valence-corrected chi connectivity index (χ4v) is 3.39. The molecular formula is C28H29N3O4. The van der Waals surface area contributed by atoms with Gasteiger partial charge >= 0.3 is 6.03 Å². The molecule has 0 aliphatic rings. The molecule has 2 amide bonds. The van der Waals surface area contributed by atoms with E-state index in [0.717, 1.165) is 22.6 Å². The van der Waals surface area contributed by atoms with E-state index >= 15 is 0 Å². The number of carbonyl (C=O) groups is 1. The lowest BCUT2D eigenvalue weighted by atomic mass is 10.1. The molecule has 3 aromatic carbocycles. The van der Waals surface area contributed by atoms with Crippen LogP contribution in [0.25, 0.3) is 11.5 Å². The van der Waals surface area contributed by atoms with Crippen LogP contribution in [0.5, 0.6) is 5.75 Å². The maximum atomic E-state index is 12.3. The molecule has 0 fully saturated rings. The van der Waals surface area contributed by atoms with Gasteiger partial charge in [0.1, 0.15) is 18.6 Å². The lowest BCUT2D eigenvalue weighted by molar-refractivity contribution is 0.0889. The molecule has 0 spiro atoms. The SMILES string of the molecule is Cc1ccc(-c2nc(CCNC(=O)Nc3cccc(COCCOc4ccccc4)c3)co2)cc1. The molecule has 7 heteroatoms. The molecule has 0 saturated carbocycles. The van der Waals surface area contributed by atoms with E-state index in [2.05, 4.69) is 15.6 Å². The summed E-state index contributed by atoms with van der Waals surface area (Å²) in [4.78, 5) is 16.8. The number of amides is 2. The zero-order valence-corrected chi connectivity index (χ0v) is 19.7. The number of benzene rings is 3. The molecule has 4 rings (SSSR count). The number of aromatic nitrogens is 1. The molecule has 2 N–H and O–H groups in total. The van der Waals surface area contributed by atoms with Crippen LogP contribution in [0.1, 0.15) is 16.8 Å². The van der Waals surface area contributed by atoms with E-state index in [1.165, 1.54) is 5.56 Å². The van der Waals surface area contributed by atoms with Crippen LogP contribution in [0.3, 0.4) is 0 Å². The van der Waals surface area contributed by atoms with Crippen LogP contribution in [-0.4, -0.2) is 30.8 Å². The molecule has 0 aliphatic carbocycles. The number of carbonyl (C=O) groups excluding carboxylic acids is 1. The molecule has 4 aromatic rings. The Balaban J connectivity index is 1.15. The highest BCUT2D eigenvalue weighted by Crippen LogP contribution is 2.19. The van der Waals surface area contributed by atoms with Crippen molar-refractivity contribution in [1.82, 2.24) is 10.3 Å². The summed E-state index contributed by atoms with van der Waals surface area (Å²) >= 11 is 0. The summed E-state index contributed by atoms with van der Waals surface area (Å²) in [5, 5.41) is 5.71. The molecule has 1 heterocycles. The fraction of sp³-hybridized carbons (Fsp3) is 0.214. The number of para-hydroxylation sites is 1. The number of nitrogens with zero attached hydrogens (tertiary/aromatic N) is 1. The van der Waals surface area contributed by atoms with Crippen LogP contribution in [0.4, 0.5) is 10.5 Å². The van der Waals surface area contributed by atoms with Crippen molar-refractivity contribution in [3.05, 3.63) is 102 Å². The largest absolute Gasteiger partial charge is 0.491 e. The molecular weight excluding hydrogens is 442 g/mol. The molecule has 0 bridgehead atoms. The Labute approximate surface area is 205 Å². The van der Waals surface area contributed by atoms with Gasteiger partial charge in [0, 0.05) is 24.2 Å². The van der Waals surface area contributed by atoms with Gasteiger partial charge in [-0.1, -0.05) is 48.0 Å². The van der Waals surface area contributed by atoms with E-state index in [1.807, 2.05) is 85.8 Å². The maximum Gasteiger partial charge on any atom is 0.319 e. The van der Waals surface area contributed by atoms with Crippen molar-refractivity contribution in [2.24, 2.45) is 0 Å². The molecule has 0 aliphatic heterocycles. The standard InChI is InChI=1S/C28H29N3O4/c1-21-10-12-23(13-11-21)27-30-25(20-35-27)14-15-29-28(32)31-24-7-5-6-22(18-24)19-33-16-17-34-26-8-3-2-4-9-26/h2-13,18,20H,14-17,19H2,1H3,(H2,29,31,32). The molecule has 0 saturated heterocycles. The highest BCUT2D eigenvalue weighted by atomic mass is 16.5. The molecule has 180 valence electrons. The normalized spacial score (nSPS) is 10.7. The van der Waals surface area contributed by atoms with Crippen molar-refractivity contribution in [3.8, 4) is 17.2 Å². The number of nitrogens with one attached hydrogen (secondary N) is 2. The lowest BCUT2D eigenvalue weighted by Crippen LogP contribution is -2.30. The van der Waals surface area contributed by atoms with E-state index in [4.69, 9.17) is 13.9 Å². The first-order valence-electron chi connectivity index (χ1n) is 11.6. The number of oxazole rings is 1. The van der Waals surface area contributed by atoms with Crippen LogP contribution in [-0.2, 0) is 17.8 Å². The van der Waals surface area contributed by atoms with E-state index in [9.17, 15) is 4.79 Å². The topological polar surface area (TPSA) is 85.6 Å². The summed E-state index contributed by atoms with van der Waals surface area (Å²) < 4.78 is 16.9. The number of hydrogen-bond donors (Lipinski definition) is 2. The average molecular weight is 472 g/mol. The van der Waals surface area contributed by atoms with Gasteiger partial charge in [0.2, 0.25) is 5.89 Å². The highest BCUT2D eigenvalue weighted by Gasteiger charge is 2.08. The van der Waals surface area contributed by atoms with Crippen molar-refractivity contribution in [2.45, 2.75) is 20.0 Å². The summed E-state index contributed by atoms with van der Waals surface area (Å²) in [5.74, 6) is 1.40. The summed E-state index contributed by atoms with van der Waals surface area (Å²) in [7, 11) is 0. The molecule has 0 radical (unpaired) electrons. The third kappa shape index (κ3) is 7.72. The molecule has 35 heavy (non-hydrogen) atoms. The monoisotopic (exact) mass is 471 g/mol. The number of urea groups is 1. The lowest BCUT2D eigenvalue weighted by Gasteiger charge is -2.10. The Morgan fingerprint density at radius 2 is 1.80 bits per heavy atom. The number of hydrogen-bond acceptors (Lipinski definition) is 5. The smallest absolute Gasteiger partial charge is 0.319 e. The second-order valence-electron chi connectivity index (χ2n) is 8.06. The van der Waals surface area contributed by atoms with Crippen LogP contribution < -0.4 is 15.4 Å². The van der Waals surface area contributed by atoms with Gasteiger partial charge < -0.3 is 24.5 Å². The van der Waals surface area contributed by atoms with Crippen molar-refractivity contribution in [1.29, 1.82) is 0 Å². The predicted octanol–water partition coefficient (Wildman–Crippen LogP) is 5.61. The van der Waals surface area contributed by atoms with Gasteiger partial charge in [-0.3, -0.25) is 0 Å². The van der Waals surface area contributed by atoms with Gasteiger partial charge in [0.15, 0.2) is 0 Å². The second-order valence-corrected chi connectivity index (χ2v) is 8.06. The van der Waals surface area contributed by atoms with Crippen molar-refractivity contribution >= 4 is 11.7 Å². The van der Waals surface area contributed by atoms with Crippen molar-refractivity contribution in [3.63, 3.8) is 0 Å². The van der Waals surface area contributed by atoms with Gasteiger partial charge in [-0.15, -0.1) is 0 Å². The van der Waals surface area contributed by atoms with Gasteiger partial charge in [-0.25, -0.2) is 9.78 Å². The zero-order valence-electron chi connectivity index (χ0n) is 19.7. The summed E-state index contributed by atoms with van der Waals surface area (Å²) in [6.45, 7) is 3.86. The van der Waals surface area contributed by atoms with Gasteiger partial charge in [0.25, 0.3) is 0 Å². The first-order valence-corrected chi connectivity index (χ1v) is 11.6. The first-order chi connectivity index (χ1) is 17.2. The van der Waals surface area contributed by atoms with E-state index in [1.54, 1.807) is 6.26 Å². The Kier molecular flexibility index (Phi) is 8.51. The molecule has 7 nitrogen and oxygen atoms in total. The average Bonchev–Trinajstić information content (AvgIpc) is 3.34. The van der Waals surface area contributed by atoms with E-state index in [-0.39, 0.29) is 6.03 Å². The van der Waals surface area contributed by atoms with Crippen LogP contribution in [0, 0.1) is 6.92 Å². The van der Waals surface area contributed by atoms with Crippen LogP contribution in [0.2, 0.25) is 0 Å². The van der Waals surface area contributed by atoms with Crippen LogP contribution >= 0.6 is 0 Å². The first kappa shape index (κ1) is 24.0. The quantitative estimate of drug-likeness (QED) is 0.278. The van der Waals surface area contributed by atoms with Crippen molar-refractivity contribution < 1.29 is 18.7 Å². The minimum atomic E-state index is -0.276. The Bertz CT molecular complexity index is 1210. The van der Waals surface area contributed by atoms with Crippen molar-refractivity contribution in [2.75, 3.05) is 25.1 Å². The summed E-state index contributed by atoms with van der Waals surface area (Å²) in [5.41, 5.74) is 4.57. The second kappa shape index (κ2) is 12.4. The Morgan fingerprint density at radius 1 is 0.971 bits per heavy atom. The maximum absolute atomic E-state index is 12.3. The number of ether oxygens (including phenoxy) is 2. The summed E-state index contributed by atoms with van der Waals surface area (Å²) in [6.07, 6.45) is 2.20. The zero-order chi connectivity index (χ0) is 24.3. The fourth-order valence-electron chi connectivity index (χ4n) is 3.39. The van der Waals surface area contributed by atoms with Gasteiger partial charge in [-0.2, -0.15) is 0 Å². The minimum absolute atomic E-state index is 0.276. The number of rotatable bonds is 11. The van der Waals surface area contributed by atoms with Gasteiger partial charge in [0.05, 0.1) is 18.9 Å². The van der Waals surface area contributed by atoms with E-state index < -0.39 is 0 Å². The third-order valence-corrected chi connectivity index (χ3v) is 5.21.